The SMILES string of the molecule is NC(=O)CN1CCN(CC(N)=O)C1c1ccccc1. The molecule has 0 aliphatic carbocycles. The molecule has 6 nitrogen and oxygen atoms in total. The molecule has 19 heavy (non-hydrogen) atoms. The molecule has 1 aliphatic heterocycles. The Morgan fingerprint density at radius 1 is 1.00 bits per heavy atom. The molecule has 0 spiro atoms. The van der Waals surface area contributed by atoms with Crippen LogP contribution in [0.1, 0.15) is 11.7 Å². The predicted octanol–water partition coefficient (Wildman–Crippen LogP) is -0.727. The molecule has 0 unspecified atom stereocenters. The second-order valence-electron chi connectivity index (χ2n) is 4.66. The van der Waals surface area contributed by atoms with E-state index in [2.05, 4.69) is 0 Å². The van der Waals surface area contributed by atoms with Gasteiger partial charge in [-0.25, -0.2) is 0 Å². The first-order chi connectivity index (χ1) is 9.08. The van der Waals surface area contributed by atoms with Crippen LogP contribution in [-0.4, -0.2) is 47.8 Å². The fourth-order valence-corrected chi connectivity index (χ4v) is 2.51. The number of benzene rings is 1. The highest BCUT2D eigenvalue weighted by atomic mass is 16.1. The molecule has 1 heterocycles. The molecule has 1 aromatic rings. The first-order valence-corrected chi connectivity index (χ1v) is 6.17. The zero-order valence-electron chi connectivity index (χ0n) is 10.7. The summed E-state index contributed by atoms with van der Waals surface area (Å²) >= 11 is 0. The normalized spacial score (nSPS) is 17.7. The largest absolute Gasteiger partial charge is 0.369 e. The summed E-state index contributed by atoms with van der Waals surface area (Å²) in [6.45, 7) is 1.73. The number of hydrogen-bond acceptors (Lipinski definition) is 4. The van der Waals surface area contributed by atoms with Crippen LogP contribution >= 0.6 is 0 Å². The highest BCUT2D eigenvalue weighted by Crippen LogP contribution is 2.28. The second-order valence-corrected chi connectivity index (χ2v) is 4.66. The van der Waals surface area contributed by atoms with Gasteiger partial charge in [0.05, 0.1) is 19.3 Å². The van der Waals surface area contributed by atoms with Crippen molar-refractivity contribution >= 4 is 11.8 Å². The van der Waals surface area contributed by atoms with E-state index >= 15 is 0 Å². The van der Waals surface area contributed by atoms with E-state index in [0.717, 1.165) is 5.56 Å². The van der Waals surface area contributed by atoms with Gasteiger partial charge in [0.15, 0.2) is 0 Å². The summed E-state index contributed by atoms with van der Waals surface area (Å²) in [6, 6.07) is 9.72. The summed E-state index contributed by atoms with van der Waals surface area (Å²) in [5.41, 5.74) is 11.6. The standard InChI is InChI=1S/C13H18N4O2/c14-11(18)8-16-6-7-17(9-12(15)19)13(16)10-4-2-1-3-5-10/h1-5,13H,6-9H2,(H2,14,18)(H2,15,19). The molecular weight excluding hydrogens is 244 g/mol. The molecule has 0 bridgehead atoms. The van der Waals surface area contributed by atoms with E-state index in [4.69, 9.17) is 11.5 Å². The van der Waals surface area contributed by atoms with Crippen LogP contribution in [0.2, 0.25) is 0 Å². The molecule has 6 heteroatoms. The van der Waals surface area contributed by atoms with E-state index < -0.39 is 0 Å². The van der Waals surface area contributed by atoms with Gasteiger partial charge in [-0.05, 0) is 5.56 Å². The molecule has 1 aliphatic rings. The first-order valence-electron chi connectivity index (χ1n) is 6.17. The number of primary amides is 2. The van der Waals surface area contributed by atoms with Crippen LogP contribution < -0.4 is 11.5 Å². The van der Waals surface area contributed by atoms with Gasteiger partial charge < -0.3 is 11.5 Å². The van der Waals surface area contributed by atoms with E-state index in [1.807, 2.05) is 40.1 Å². The summed E-state index contributed by atoms with van der Waals surface area (Å²) < 4.78 is 0. The third-order valence-corrected chi connectivity index (χ3v) is 3.18. The summed E-state index contributed by atoms with van der Waals surface area (Å²) in [5, 5.41) is 0. The predicted molar refractivity (Wildman–Crippen MR) is 70.7 cm³/mol. The minimum atomic E-state index is -0.373. The molecule has 1 fully saturated rings. The molecule has 0 radical (unpaired) electrons. The van der Waals surface area contributed by atoms with Crippen LogP contribution in [0.5, 0.6) is 0 Å². The van der Waals surface area contributed by atoms with Gasteiger partial charge in [0, 0.05) is 13.1 Å². The molecule has 2 rings (SSSR count). The van der Waals surface area contributed by atoms with Crippen molar-refractivity contribution in [2.24, 2.45) is 11.5 Å². The number of nitrogens with zero attached hydrogens (tertiary/aromatic N) is 2. The molecule has 1 aromatic carbocycles. The Hall–Kier alpha value is -1.92. The third kappa shape index (κ3) is 3.30. The third-order valence-electron chi connectivity index (χ3n) is 3.18. The fraction of sp³-hybridized carbons (Fsp3) is 0.385. The maximum Gasteiger partial charge on any atom is 0.231 e. The molecule has 2 amide bonds. The molecular formula is C13H18N4O2. The summed E-state index contributed by atoms with van der Waals surface area (Å²) in [5.74, 6) is -0.747. The lowest BCUT2D eigenvalue weighted by Crippen LogP contribution is -2.39. The van der Waals surface area contributed by atoms with Crippen LogP contribution in [0, 0.1) is 0 Å². The Labute approximate surface area is 112 Å². The van der Waals surface area contributed by atoms with Crippen LogP contribution in [0.25, 0.3) is 0 Å². The zero-order chi connectivity index (χ0) is 13.8. The zero-order valence-corrected chi connectivity index (χ0v) is 10.7. The van der Waals surface area contributed by atoms with E-state index in [1.54, 1.807) is 0 Å². The highest BCUT2D eigenvalue weighted by molar-refractivity contribution is 5.77. The number of amides is 2. The lowest BCUT2D eigenvalue weighted by Gasteiger charge is -2.29. The molecule has 0 aromatic heterocycles. The van der Waals surface area contributed by atoms with Gasteiger partial charge in [0.25, 0.3) is 0 Å². The van der Waals surface area contributed by atoms with Crippen LogP contribution in [0.3, 0.4) is 0 Å². The van der Waals surface area contributed by atoms with E-state index in [-0.39, 0.29) is 31.1 Å². The first kappa shape index (κ1) is 13.5. The minimum absolute atomic E-state index is 0.124. The minimum Gasteiger partial charge on any atom is -0.369 e. The van der Waals surface area contributed by atoms with Gasteiger partial charge >= 0.3 is 0 Å². The highest BCUT2D eigenvalue weighted by Gasteiger charge is 2.34. The van der Waals surface area contributed by atoms with Gasteiger partial charge in [0.2, 0.25) is 11.8 Å². The topological polar surface area (TPSA) is 92.7 Å². The summed E-state index contributed by atoms with van der Waals surface area (Å²) in [7, 11) is 0. The van der Waals surface area contributed by atoms with E-state index in [9.17, 15) is 9.59 Å². The number of hydrogen-bond donors (Lipinski definition) is 2. The van der Waals surface area contributed by atoms with Crippen molar-refractivity contribution in [3.63, 3.8) is 0 Å². The Bertz CT molecular complexity index is 439. The van der Waals surface area contributed by atoms with Crippen molar-refractivity contribution in [3.8, 4) is 0 Å². The van der Waals surface area contributed by atoms with Crippen molar-refractivity contribution in [2.75, 3.05) is 26.2 Å². The van der Waals surface area contributed by atoms with Crippen molar-refractivity contribution in [2.45, 2.75) is 6.17 Å². The van der Waals surface area contributed by atoms with E-state index in [1.165, 1.54) is 0 Å². The van der Waals surface area contributed by atoms with Gasteiger partial charge in [-0.3, -0.25) is 19.4 Å². The van der Waals surface area contributed by atoms with Crippen molar-refractivity contribution in [1.29, 1.82) is 0 Å². The second kappa shape index (κ2) is 5.81. The molecule has 4 N–H and O–H groups in total. The van der Waals surface area contributed by atoms with Crippen LogP contribution in [-0.2, 0) is 9.59 Å². The molecule has 1 saturated heterocycles. The summed E-state index contributed by atoms with van der Waals surface area (Å²) in [4.78, 5) is 26.2. The van der Waals surface area contributed by atoms with Crippen molar-refractivity contribution < 1.29 is 9.59 Å². The average molecular weight is 262 g/mol. The Morgan fingerprint density at radius 3 is 1.89 bits per heavy atom. The maximum absolute atomic E-state index is 11.1. The average Bonchev–Trinajstić information content (AvgIpc) is 2.71. The number of carbonyl (C=O) groups excluding carboxylic acids is 2. The molecule has 102 valence electrons. The lowest BCUT2D eigenvalue weighted by molar-refractivity contribution is -0.120. The maximum atomic E-state index is 11.1. The Kier molecular flexibility index (Phi) is 4.13. The smallest absolute Gasteiger partial charge is 0.231 e. The lowest BCUT2D eigenvalue weighted by atomic mass is 10.1. The van der Waals surface area contributed by atoms with Crippen LogP contribution in [0.15, 0.2) is 30.3 Å². The molecule has 0 saturated carbocycles. The quantitative estimate of drug-likeness (QED) is 0.732. The van der Waals surface area contributed by atoms with Gasteiger partial charge in [0.1, 0.15) is 0 Å². The van der Waals surface area contributed by atoms with E-state index in [0.29, 0.717) is 13.1 Å². The molecule has 0 atom stereocenters. The number of nitrogens with two attached hydrogens (primary N) is 2. The summed E-state index contributed by atoms with van der Waals surface area (Å²) in [6.07, 6.45) is -0.124. The van der Waals surface area contributed by atoms with Crippen LogP contribution in [0.4, 0.5) is 0 Å². The van der Waals surface area contributed by atoms with Crippen molar-refractivity contribution in [1.82, 2.24) is 9.80 Å². The number of carbonyl (C=O) groups is 2. The van der Waals surface area contributed by atoms with Gasteiger partial charge in [-0.15, -0.1) is 0 Å². The number of rotatable bonds is 5. The van der Waals surface area contributed by atoms with Crippen molar-refractivity contribution in [3.05, 3.63) is 35.9 Å². The van der Waals surface area contributed by atoms with Gasteiger partial charge in [-0.1, -0.05) is 30.3 Å². The Morgan fingerprint density at radius 2 is 1.47 bits per heavy atom. The fourth-order valence-electron chi connectivity index (χ4n) is 2.51. The monoisotopic (exact) mass is 262 g/mol. The van der Waals surface area contributed by atoms with Gasteiger partial charge in [-0.2, -0.15) is 0 Å². The Balaban J connectivity index is 2.22.